The Kier molecular flexibility index (Phi) is 11.1. The van der Waals surface area contributed by atoms with Crippen molar-refractivity contribution in [2.45, 2.75) is 58.3 Å². The van der Waals surface area contributed by atoms with Crippen LogP contribution in [0.15, 0.2) is 64.9 Å². The lowest BCUT2D eigenvalue weighted by atomic mass is 10.1. The molecule has 3 atom stereocenters. The Balaban J connectivity index is 1.57. The maximum absolute atomic E-state index is 12.3. The Morgan fingerprint density at radius 3 is 2.84 bits per heavy atom. The number of hydrogen-bond donors (Lipinski definition) is 2. The number of esters is 1. The van der Waals surface area contributed by atoms with E-state index in [9.17, 15) is 4.79 Å². The molecule has 1 fully saturated rings. The van der Waals surface area contributed by atoms with E-state index >= 15 is 0 Å². The van der Waals surface area contributed by atoms with Crippen LogP contribution >= 0.6 is 8.53 Å². The third-order valence-electron chi connectivity index (χ3n) is 6.23. The van der Waals surface area contributed by atoms with Crippen molar-refractivity contribution in [1.29, 1.82) is 0 Å². The molecule has 1 aromatic rings. The van der Waals surface area contributed by atoms with Crippen molar-refractivity contribution < 1.29 is 23.3 Å². The lowest BCUT2D eigenvalue weighted by molar-refractivity contribution is -0.143. The topological polar surface area (TPSA) is 120 Å². The lowest BCUT2D eigenvalue weighted by Gasteiger charge is -2.37. The second kappa shape index (κ2) is 14.2. The first kappa shape index (κ1) is 28.8. The minimum absolute atomic E-state index is 0.0151. The molecule has 202 valence electrons. The van der Waals surface area contributed by atoms with Crippen LogP contribution in [0.3, 0.4) is 0 Å². The highest BCUT2D eigenvalue weighted by Crippen LogP contribution is 2.40. The summed E-state index contributed by atoms with van der Waals surface area (Å²) < 4.78 is 23.9. The smallest absolute Gasteiger partial charge is 0.320 e. The number of nitrogens with zero attached hydrogens (tertiary/aromatic N) is 3. The van der Waals surface area contributed by atoms with E-state index in [1.807, 2.05) is 37.3 Å². The van der Waals surface area contributed by atoms with Crippen LogP contribution in [0.5, 0.6) is 5.75 Å². The molecule has 37 heavy (non-hydrogen) atoms. The van der Waals surface area contributed by atoms with Gasteiger partial charge in [0.25, 0.3) is 0 Å². The first-order chi connectivity index (χ1) is 17.9. The molecule has 2 aliphatic heterocycles. The molecule has 3 N–H and O–H groups in total. The largest absolute Gasteiger partial charge is 0.464 e. The van der Waals surface area contributed by atoms with Crippen LogP contribution in [0, 0.1) is 5.92 Å². The van der Waals surface area contributed by atoms with Crippen molar-refractivity contribution in [1.82, 2.24) is 10.1 Å². The van der Waals surface area contributed by atoms with Gasteiger partial charge < -0.3 is 24.3 Å². The fourth-order valence-corrected chi connectivity index (χ4v) is 5.03. The number of aliphatic imine (C=N–C) groups is 1. The first-order valence-electron chi connectivity index (χ1n) is 12.6. The molecule has 1 unspecified atom stereocenters. The molecule has 0 aliphatic carbocycles. The molecule has 0 spiro atoms. The average molecular weight is 532 g/mol. The van der Waals surface area contributed by atoms with E-state index in [4.69, 9.17) is 24.3 Å². The summed E-state index contributed by atoms with van der Waals surface area (Å²) >= 11 is 0. The Bertz CT molecular complexity index is 985. The van der Waals surface area contributed by atoms with Crippen LogP contribution in [-0.2, 0) is 18.8 Å². The third-order valence-corrected chi connectivity index (χ3v) is 7.40. The van der Waals surface area contributed by atoms with Crippen LogP contribution in [0.2, 0.25) is 0 Å². The Morgan fingerprint density at radius 2 is 2.14 bits per heavy atom. The van der Waals surface area contributed by atoms with Crippen molar-refractivity contribution in [3.63, 3.8) is 0 Å². The predicted molar refractivity (Wildman–Crippen MR) is 146 cm³/mol. The van der Waals surface area contributed by atoms with E-state index in [1.54, 1.807) is 17.2 Å². The number of hydrazone groups is 1. The maximum Gasteiger partial charge on any atom is 0.320 e. The van der Waals surface area contributed by atoms with E-state index in [-0.39, 0.29) is 25.2 Å². The number of nitrogens with one attached hydrogen (secondary N) is 1. The molecular formula is C26H38N5O5P. The number of ether oxygens (including phenoxy) is 2. The SMILES string of the molecule is C=C/C=C1/C(N)=NC=NN1[C@@]1(C)CCC(CO[P@@](NCC(=O)OCC(CC)CC)Oc2ccccc2)O1. The van der Waals surface area contributed by atoms with Gasteiger partial charge in [-0.25, -0.2) is 15.1 Å². The molecular weight excluding hydrogens is 493 g/mol. The van der Waals surface area contributed by atoms with Gasteiger partial charge in [0.15, 0.2) is 11.6 Å². The highest BCUT2D eigenvalue weighted by Gasteiger charge is 2.44. The molecule has 0 amide bonds. The summed E-state index contributed by atoms with van der Waals surface area (Å²) in [6.07, 6.45) is 7.98. The normalized spacial score (nSPS) is 23.2. The number of rotatable bonds is 14. The Morgan fingerprint density at radius 1 is 1.38 bits per heavy atom. The highest BCUT2D eigenvalue weighted by atomic mass is 31.2. The van der Waals surface area contributed by atoms with Crippen molar-refractivity contribution in [3.8, 4) is 5.75 Å². The lowest BCUT2D eigenvalue weighted by Crippen LogP contribution is -2.47. The molecule has 0 aromatic heterocycles. The number of amidine groups is 1. The second-order valence-electron chi connectivity index (χ2n) is 8.96. The number of nitrogens with two attached hydrogens (primary N) is 1. The summed E-state index contributed by atoms with van der Waals surface area (Å²) in [6, 6.07) is 9.33. The fourth-order valence-electron chi connectivity index (χ4n) is 3.95. The van der Waals surface area contributed by atoms with Crippen molar-refractivity contribution >= 4 is 26.7 Å². The van der Waals surface area contributed by atoms with Gasteiger partial charge in [-0.1, -0.05) is 57.5 Å². The van der Waals surface area contributed by atoms with E-state index in [0.717, 1.165) is 19.3 Å². The molecule has 0 saturated carbocycles. The zero-order valence-electron chi connectivity index (χ0n) is 21.8. The van der Waals surface area contributed by atoms with Gasteiger partial charge in [0.1, 0.15) is 24.3 Å². The Hall–Kier alpha value is -2.78. The van der Waals surface area contributed by atoms with E-state index < -0.39 is 14.3 Å². The summed E-state index contributed by atoms with van der Waals surface area (Å²) in [5.41, 5.74) is 5.96. The van der Waals surface area contributed by atoms with E-state index in [0.29, 0.717) is 36.2 Å². The summed E-state index contributed by atoms with van der Waals surface area (Å²) in [7, 11) is -1.62. The monoisotopic (exact) mass is 531 g/mol. The molecule has 11 heteroatoms. The van der Waals surface area contributed by atoms with Gasteiger partial charge in [-0.3, -0.25) is 4.79 Å². The van der Waals surface area contributed by atoms with Gasteiger partial charge >= 0.3 is 14.5 Å². The molecule has 0 bridgehead atoms. The minimum Gasteiger partial charge on any atom is -0.464 e. The van der Waals surface area contributed by atoms with Crippen LogP contribution in [-0.4, -0.2) is 54.7 Å². The first-order valence-corrected chi connectivity index (χ1v) is 13.8. The van der Waals surface area contributed by atoms with Gasteiger partial charge in [-0.05, 0) is 43.9 Å². The number of hydrogen-bond acceptors (Lipinski definition) is 10. The van der Waals surface area contributed by atoms with Crippen LogP contribution in [0.25, 0.3) is 0 Å². The van der Waals surface area contributed by atoms with E-state index in [1.165, 1.54) is 6.34 Å². The average Bonchev–Trinajstić information content (AvgIpc) is 3.30. The second-order valence-corrected chi connectivity index (χ2v) is 10.2. The van der Waals surface area contributed by atoms with Gasteiger partial charge in [-0.15, -0.1) is 0 Å². The van der Waals surface area contributed by atoms with Gasteiger partial charge in [0, 0.05) is 0 Å². The third kappa shape index (κ3) is 8.36. The van der Waals surface area contributed by atoms with Crippen LogP contribution in [0.1, 0.15) is 46.5 Å². The number of allylic oxidation sites excluding steroid dienone is 2. The summed E-state index contributed by atoms with van der Waals surface area (Å²) in [5, 5.41) is 9.18. The Labute approximate surface area is 220 Å². The summed E-state index contributed by atoms with van der Waals surface area (Å²) in [6.45, 7) is 10.6. The molecule has 3 rings (SSSR count). The highest BCUT2D eigenvalue weighted by molar-refractivity contribution is 7.45. The van der Waals surface area contributed by atoms with Crippen LogP contribution < -0.4 is 15.3 Å². The van der Waals surface area contributed by atoms with Crippen LogP contribution in [0.4, 0.5) is 0 Å². The molecule has 1 saturated heterocycles. The molecule has 0 radical (unpaired) electrons. The van der Waals surface area contributed by atoms with E-state index in [2.05, 4.69) is 35.6 Å². The molecule has 10 nitrogen and oxygen atoms in total. The number of carbonyl (C=O) groups is 1. The summed E-state index contributed by atoms with van der Waals surface area (Å²) in [4.78, 5) is 16.4. The summed E-state index contributed by atoms with van der Waals surface area (Å²) in [5.74, 6) is 1.01. The quantitative estimate of drug-likeness (QED) is 0.267. The molecule has 1 aromatic carbocycles. The van der Waals surface area contributed by atoms with Gasteiger partial charge in [0.2, 0.25) is 0 Å². The maximum atomic E-state index is 12.3. The molecule has 2 aliphatic rings. The minimum atomic E-state index is -1.62. The van der Waals surface area contributed by atoms with Gasteiger partial charge in [0.05, 0.1) is 19.3 Å². The standard InChI is InChI=1S/C26H38N5O5P/c1-5-11-23-25(27)28-19-29-31(23)26(4)15-14-22(35-26)18-34-37(36-21-12-9-8-10-13-21)30-16-24(32)33-17-20(6-2)7-3/h5,8-13,19-20,22,30H,1,6-7,14-18H2,2-4H3,(H2,27,28,29)/b23-11-/t22?,26-,37-/m1/s1. The molecule has 2 heterocycles. The zero-order chi connectivity index (χ0) is 26.7. The van der Waals surface area contributed by atoms with Gasteiger partial charge in [-0.2, -0.15) is 5.10 Å². The fraction of sp³-hybridized carbons (Fsp3) is 0.500. The van der Waals surface area contributed by atoms with Crippen molar-refractivity contribution in [2.24, 2.45) is 21.7 Å². The zero-order valence-corrected chi connectivity index (χ0v) is 22.7. The number of carbonyl (C=O) groups excluding carboxylic acids is 1. The number of para-hydroxylation sites is 1. The predicted octanol–water partition coefficient (Wildman–Crippen LogP) is 4.46. The number of benzene rings is 1. The van der Waals surface area contributed by atoms with Crippen molar-refractivity contribution in [3.05, 3.63) is 54.8 Å². The van der Waals surface area contributed by atoms with Crippen molar-refractivity contribution in [2.75, 3.05) is 19.8 Å².